The number of carbonyl (C=O) groups excluding carboxylic acids is 2. The second kappa shape index (κ2) is 9.82. The van der Waals surface area contributed by atoms with Crippen molar-refractivity contribution in [2.45, 2.75) is 25.8 Å². The Kier molecular flexibility index (Phi) is 7.48. The van der Waals surface area contributed by atoms with Gasteiger partial charge in [-0.1, -0.05) is 41.9 Å². The van der Waals surface area contributed by atoms with Gasteiger partial charge in [-0.3, -0.25) is 9.59 Å². The summed E-state index contributed by atoms with van der Waals surface area (Å²) in [4.78, 5) is 23.7. The minimum Gasteiger partial charge on any atom is -0.497 e. The fourth-order valence-corrected chi connectivity index (χ4v) is 2.74. The Bertz CT molecular complexity index is 746. The smallest absolute Gasteiger partial charge is 0.306 e. The van der Waals surface area contributed by atoms with Gasteiger partial charge >= 0.3 is 5.97 Å². The third kappa shape index (κ3) is 6.08. The van der Waals surface area contributed by atoms with Crippen LogP contribution in [0.3, 0.4) is 0 Å². The molecule has 5 nitrogen and oxygen atoms in total. The van der Waals surface area contributed by atoms with Gasteiger partial charge in [-0.2, -0.15) is 0 Å². The molecular weight excluding hydrogens is 354 g/mol. The maximum Gasteiger partial charge on any atom is 0.306 e. The summed E-state index contributed by atoms with van der Waals surface area (Å²) in [5.74, 6) is -0.0165. The summed E-state index contributed by atoms with van der Waals surface area (Å²) in [5, 5.41) is 3.34. The highest BCUT2D eigenvalue weighted by Gasteiger charge is 2.14. The number of methoxy groups -OCH3 is 1. The van der Waals surface area contributed by atoms with Crippen molar-refractivity contribution >= 4 is 23.5 Å². The van der Waals surface area contributed by atoms with Gasteiger partial charge in [0.05, 0.1) is 13.2 Å². The number of amides is 1. The standard InChI is InChI=1S/C20H22ClNO4/c1-14(17-5-3-4-6-18(17)21)22-19(23)13-26-20(24)12-9-15-7-10-16(25-2)11-8-15/h3-8,10-11,14H,9,12-13H2,1-2H3,(H,22,23)/t14-/m0/s1. The number of hydrogen-bond acceptors (Lipinski definition) is 4. The van der Waals surface area contributed by atoms with E-state index in [0.717, 1.165) is 16.9 Å². The molecule has 0 heterocycles. The second-order valence-electron chi connectivity index (χ2n) is 5.82. The van der Waals surface area contributed by atoms with E-state index in [4.69, 9.17) is 21.1 Å². The average Bonchev–Trinajstić information content (AvgIpc) is 2.65. The third-order valence-electron chi connectivity index (χ3n) is 3.89. The lowest BCUT2D eigenvalue weighted by Crippen LogP contribution is -2.31. The lowest BCUT2D eigenvalue weighted by Gasteiger charge is -2.15. The number of rotatable bonds is 8. The van der Waals surface area contributed by atoms with Crippen LogP contribution in [0.25, 0.3) is 0 Å². The van der Waals surface area contributed by atoms with Gasteiger partial charge in [-0.05, 0) is 42.7 Å². The fourth-order valence-electron chi connectivity index (χ4n) is 2.44. The van der Waals surface area contributed by atoms with E-state index in [1.165, 1.54) is 0 Å². The molecule has 26 heavy (non-hydrogen) atoms. The number of benzene rings is 2. The minimum atomic E-state index is -0.415. The molecular formula is C20H22ClNO4. The van der Waals surface area contributed by atoms with E-state index in [9.17, 15) is 9.59 Å². The van der Waals surface area contributed by atoms with Crippen molar-refractivity contribution in [2.75, 3.05) is 13.7 Å². The molecule has 2 aromatic rings. The molecule has 6 heteroatoms. The molecule has 1 N–H and O–H groups in total. The van der Waals surface area contributed by atoms with E-state index in [-0.39, 0.29) is 25.0 Å². The van der Waals surface area contributed by atoms with Gasteiger partial charge in [-0.25, -0.2) is 0 Å². The van der Waals surface area contributed by atoms with Crippen LogP contribution in [0.4, 0.5) is 0 Å². The first-order chi connectivity index (χ1) is 12.5. The zero-order valence-electron chi connectivity index (χ0n) is 14.8. The number of aryl methyl sites for hydroxylation is 1. The van der Waals surface area contributed by atoms with E-state index < -0.39 is 5.97 Å². The predicted octanol–water partition coefficient (Wildman–Crippen LogP) is 3.70. The van der Waals surface area contributed by atoms with Crippen LogP contribution in [-0.4, -0.2) is 25.6 Å². The van der Waals surface area contributed by atoms with Gasteiger partial charge in [0.1, 0.15) is 5.75 Å². The van der Waals surface area contributed by atoms with Crippen molar-refractivity contribution in [3.63, 3.8) is 0 Å². The summed E-state index contributed by atoms with van der Waals surface area (Å²) in [7, 11) is 1.60. The van der Waals surface area contributed by atoms with Crippen molar-refractivity contribution in [3.05, 3.63) is 64.7 Å². The van der Waals surface area contributed by atoms with Crippen LogP contribution in [0.2, 0.25) is 5.02 Å². The SMILES string of the molecule is COc1ccc(CCC(=O)OCC(=O)N[C@@H](C)c2ccccc2Cl)cc1. The van der Waals surface area contributed by atoms with Crippen molar-refractivity contribution in [1.29, 1.82) is 0 Å². The Morgan fingerprint density at radius 3 is 2.46 bits per heavy atom. The number of esters is 1. The van der Waals surface area contributed by atoms with Gasteiger partial charge in [0.15, 0.2) is 6.61 Å². The van der Waals surface area contributed by atoms with Crippen molar-refractivity contribution in [3.8, 4) is 5.75 Å². The number of hydrogen-bond donors (Lipinski definition) is 1. The number of ether oxygens (including phenoxy) is 2. The van der Waals surface area contributed by atoms with Gasteiger partial charge in [0.25, 0.3) is 5.91 Å². The van der Waals surface area contributed by atoms with Crippen molar-refractivity contribution < 1.29 is 19.1 Å². The van der Waals surface area contributed by atoms with Crippen LogP contribution in [0, 0.1) is 0 Å². The molecule has 0 aliphatic heterocycles. The summed E-state index contributed by atoms with van der Waals surface area (Å²) < 4.78 is 10.1. The van der Waals surface area contributed by atoms with E-state index >= 15 is 0 Å². The summed E-state index contributed by atoms with van der Waals surface area (Å²) in [6, 6.07) is 14.5. The Balaban J connectivity index is 1.72. The topological polar surface area (TPSA) is 64.6 Å². The Hall–Kier alpha value is -2.53. The zero-order chi connectivity index (χ0) is 18.9. The maximum atomic E-state index is 11.9. The van der Waals surface area contributed by atoms with Crippen LogP contribution < -0.4 is 10.1 Å². The maximum absolute atomic E-state index is 11.9. The van der Waals surface area contributed by atoms with Crippen LogP contribution in [-0.2, 0) is 20.7 Å². The normalized spacial score (nSPS) is 11.5. The molecule has 0 saturated heterocycles. The van der Waals surface area contributed by atoms with Gasteiger partial charge in [-0.15, -0.1) is 0 Å². The Morgan fingerprint density at radius 2 is 1.81 bits per heavy atom. The highest BCUT2D eigenvalue weighted by Crippen LogP contribution is 2.21. The fraction of sp³-hybridized carbons (Fsp3) is 0.300. The largest absolute Gasteiger partial charge is 0.497 e. The summed E-state index contributed by atoms with van der Waals surface area (Å²) >= 11 is 6.10. The zero-order valence-corrected chi connectivity index (χ0v) is 15.6. The summed E-state index contributed by atoms with van der Waals surface area (Å²) in [6.45, 7) is 1.51. The molecule has 0 radical (unpaired) electrons. The van der Waals surface area contributed by atoms with E-state index in [1.54, 1.807) is 13.2 Å². The highest BCUT2D eigenvalue weighted by molar-refractivity contribution is 6.31. The molecule has 1 atom stereocenters. The second-order valence-corrected chi connectivity index (χ2v) is 6.23. The predicted molar refractivity (Wildman–Crippen MR) is 100 cm³/mol. The summed E-state index contributed by atoms with van der Waals surface area (Å²) in [5.41, 5.74) is 1.81. The van der Waals surface area contributed by atoms with Crippen LogP contribution in [0.15, 0.2) is 48.5 Å². The molecule has 0 saturated carbocycles. The molecule has 0 aliphatic rings. The summed E-state index contributed by atoms with van der Waals surface area (Å²) in [6.07, 6.45) is 0.750. The molecule has 0 aliphatic carbocycles. The monoisotopic (exact) mass is 375 g/mol. The van der Waals surface area contributed by atoms with E-state index in [2.05, 4.69) is 5.32 Å². The number of nitrogens with one attached hydrogen (secondary N) is 1. The van der Waals surface area contributed by atoms with E-state index in [0.29, 0.717) is 11.4 Å². The quantitative estimate of drug-likeness (QED) is 0.714. The number of carbonyl (C=O) groups is 2. The Morgan fingerprint density at radius 1 is 1.12 bits per heavy atom. The van der Waals surface area contributed by atoms with Crippen LogP contribution in [0.5, 0.6) is 5.75 Å². The average molecular weight is 376 g/mol. The first-order valence-corrected chi connectivity index (χ1v) is 8.69. The van der Waals surface area contributed by atoms with Crippen molar-refractivity contribution in [2.24, 2.45) is 0 Å². The van der Waals surface area contributed by atoms with Crippen LogP contribution in [0.1, 0.15) is 30.5 Å². The number of halogens is 1. The van der Waals surface area contributed by atoms with Crippen LogP contribution >= 0.6 is 11.6 Å². The lowest BCUT2D eigenvalue weighted by molar-refractivity contribution is -0.148. The minimum absolute atomic E-state index is 0.208. The van der Waals surface area contributed by atoms with Gasteiger partial charge in [0, 0.05) is 11.4 Å². The highest BCUT2D eigenvalue weighted by atomic mass is 35.5. The molecule has 0 bridgehead atoms. The van der Waals surface area contributed by atoms with Gasteiger partial charge < -0.3 is 14.8 Å². The van der Waals surface area contributed by atoms with Gasteiger partial charge in [0.2, 0.25) is 0 Å². The Labute approximate surface area is 158 Å². The molecule has 2 rings (SSSR count). The first-order valence-electron chi connectivity index (χ1n) is 8.32. The lowest BCUT2D eigenvalue weighted by atomic mass is 10.1. The molecule has 0 spiro atoms. The molecule has 0 unspecified atom stereocenters. The molecule has 2 aromatic carbocycles. The molecule has 138 valence electrons. The van der Waals surface area contributed by atoms with Crippen molar-refractivity contribution in [1.82, 2.24) is 5.32 Å². The first kappa shape index (κ1) is 19.8. The third-order valence-corrected chi connectivity index (χ3v) is 4.23. The molecule has 0 aromatic heterocycles. The molecule has 0 fully saturated rings. The molecule has 1 amide bonds. The van der Waals surface area contributed by atoms with E-state index in [1.807, 2.05) is 49.4 Å².